The Bertz CT molecular complexity index is 1030. The number of hydrogen-bond acceptors (Lipinski definition) is 9. The zero-order valence-electron chi connectivity index (χ0n) is 18.8. The summed E-state index contributed by atoms with van der Waals surface area (Å²) in [5.41, 5.74) is 8.19. The fraction of sp³-hybridized carbons (Fsp3) is 0.435. The lowest BCUT2D eigenvalue weighted by Gasteiger charge is -2.35. The molecule has 0 aliphatic carbocycles. The highest BCUT2D eigenvalue weighted by molar-refractivity contribution is 8.17. The Labute approximate surface area is 192 Å². The van der Waals surface area contributed by atoms with Gasteiger partial charge in [-0.3, -0.25) is 4.90 Å². The van der Waals surface area contributed by atoms with Gasteiger partial charge in [0.05, 0.1) is 37.1 Å². The Balaban J connectivity index is 2.23. The normalized spacial score (nSPS) is 17.7. The van der Waals surface area contributed by atoms with E-state index < -0.39 is 12.0 Å². The van der Waals surface area contributed by atoms with Crippen molar-refractivity contribution in [2.24, 2.45) is 10.7 Å². The van der Waals surface area contributed by atoms with Crippen LogP contribution in [-0.2, 0) is 9.53 Å². The first-order valence-electron chi connectivity index (χ1n) is 10.8. The molecule has 0 aromatic heterocycles. The molecule has 0 bridgehead atoms. The minimum absolute atomic E-state index is 0.238. The average molecular weight is 457 g/mol. The van der Waals surface area contributed by atoms with Gasteiger partial charge in [-0.25, -0.2) is 9.79 Å². The number of benzene rings is 1. The quantitative estimate of drug-likeness (QED) is 0.550. The predicted octanol–water partition coefficient (Wildman–Crippen LogP) is 4.21. The molecule has 0 fully saturated rings. The van der Waals surface area contributed by atoms with E-state index in [-0.39, 0.29) is 12.4 Å². The monoisotopic (exact) mass is 456 g/mol. The molecule has 3 rings (SSSR count). The van der Waals surface area contributed by atoms with E-state index in [0.29, 0.717) is 52.5 Å². The first-order valence-corrected chi connectivity index (χ1v) is 11.6. The van der Waals surface area contributed by atoms with Crippen LogP contribution in [0.15, 0.2) is 45.2 Å². The summed E-state index contributed by atoms with van der Waals surface area (Å²) in [5.74, 6) is 1.02. The lowest BCUT2D eigenvalue weighted by molar-refractivity contribution is -0.139. The van der Waals surface area contributed by atoms with Crippen LogP contribution in [0.5, 0.6) is 11.5 Å². The average Bonchev–Trinajstić information content (AvgIpc) is 3.10. The van der Waals surface area contributed by atoms with Crippen molar-refractivity contribution in [2.45, 2.75) is 46.6 Å². The number of thioether (sulfide) groups is 1. The van der Waals surface area contributed by atoms with Crippen LogP contribution in [0, 0.1) is 11.3 Å². The predicted molar refractivity (Wildman–Crippen MR) is 124 cm³/mol. The Morgan fingerprint density at radius 3 is 2.53 bits per heavy atom. The van der Waals surface area contributed by atoms with E-state index in [4.69, 9.17) is 24.9 Å². The molecule has 0 amide bonds. The second-order valence-electron chi connectivity index (χ2n) is 7.00. The molecule has 32 heavy (non-hydrogen) atoms. The highest BCUT2D eigenvalue weighted by atomic mass is 32.2. The van der Waals surface area contributed by atoms with Gasteiger partial charge in [0.1, 0.15) is 16.8 Å². The Kier molecular flexibility index (Phi) is 7.70. The topological polar surface area (TPSA) is 110 Å². The maximum absolute atomic E-state index is 13.1. The summed E-state index contributed by atoms with van der Waals surface area (Å²) in [6.07, 6.45) is 1.40. The van der Waals surface area contributed by atoms with Crippen molar-refractivity contribution < 1.29 is 19.0 Å². The van der Waals surface area contributed by atoms with Gasteiger partial charge in [-0.05, 0) is 56.7 Å². The Hall–Kier alpha value is -3.12. The summed E-state index contributed by atoms with van der Waals surface area (Å²) >= 11 is 1.21. The number of nitrogens with zero attached hydrogens (tertiary/aromatic N) is 3. The molecular formula is C23H28N4O4S. The van der Waals surface area contributed by atoms with Crippen LogP contribution in [-0.4, -0.2) is 35.9 Å². The zero-order valence-corrected chi connectivity index (χ0v) is 19.6. The van der Waals surface area contributed by atoms with Crippen molar-refractivity contribution >= 4 is 22.9 Å². The van der Waals surface area contributed by atoms with Crippen molar-refractivity contribution in [3.63, 3.8) is 0 Å². The molecule has 9 heteroatoms. The largest absolute Gasteiger partial charge is 0.490 e. The van der Waals surface area contributed by atoms with Gasteiger partial charge >= 0.3 is 5.97 Å². The van der Waals surface area contributed by atoms with E-state index in [9.17, 15) is 10.1 Å². The third-order valence-electron chi connectivity index (χ3n) is 4.93. The first kappa shape index (κ1) is 23.5. The molecule has 0 spiro atoms. The number of rotatable bonds is 9. The van der Waals surface area contributed by atoms with E-state index >= 15 is 0 Å². The summed E-state index contributed by atoms with van der Waals surface area (Å²) in [7, 11) is 0. The van der Waals surface area contributed by atoms with Crippen molar-refractivity contribution in [1.29, 1.82) is 5.26 Å². The summed E-state index contributed by atoms with van der Waals surface area (Å²) < 4.78 is 16.9. The van der Waals surface area contributed by atoms with Crippen molar-refractivity contribution in [3.8, 4) is 17.6 Å². The second kappa shape index (κ2) is 10.5. The number of ether oxygens (including phenoxy) is 3. The highest BCUT2D eigenvalue weighted by Gasteiger charge is 2.43. The smallest absolute Gasteiger partial charge is 0.338 e. The van der Waals surface area contributed by atoms with Crippen molar-refractivity contribution in [1.82, 2.24) is 4.90 Å². The minimum Gasteiger partial charge on any atom is -0.490 e. The van der Waals surface area contributed by atoms with E-state index in [1.165, 1.54) is 11.8 Å². The van der Waals surface area contributed by atoms with Crippen LogP contribution in [0.1, 0.15) is 52.1 Å². The Morgan fingerprint density at radius 2 is 1.91 bits per heavy atom. The van der Waals surface area contributed by atoms with E-state index in [1.54, 1.807) is 11.8 Å². The van der Waals surface area contributed by atoms with Crippen LogP contribution in [0.3, 0.4) is 0 Å². The number of carbonyl (C=O) groups is 1. The molecule has 1 atom stereocenters. The third kappa shape index (κ3) is 4.41. The van der Waals surface area contributed by atoms with E-state index in [1.807, 2.05) is 39.0 Å². The molecule has 2 heterocycles. The molecule has 0 radical (unpaired) electrons. The maximum atomic E-state index is 13.1. The van der Waals surface area contributed by atoms with Gasteiger partial charge in [-0.1, -0.05) is 19.4 Å². The first-order chi connectivity index (χ1) is 15.5. The summed E-state index contributed by atoms with van der Waals surface area (Å²) in [6.45, 7) is 8.79. The van der Waals surface area contributed by atoms with E-state index in [2.05, 4.69) is 6.07 Å². The molecular weight excluding hydrogens is 428 g/mol. The lowest BCUT2D eigenvalue weighted by Crippen LogP contribution is -2.39. The molecule has 8 nitrogen and oxygen atoms in total. The number of nitriles is 1. The summed E-state index contributed by atoms with van der Waals surface area (Å²) in [6, 6.07) is 7.09. The van der Waals surface area contributed by atoms with Crippen molar-refractivity contribution in [2.75, 3.05) is 19.8 Å². The number of aliphatic imine (C=N–C) groups is 1. The fourth-order valence-corrected chi connectivity index (χ4v) is 4.58. The third-order valence-corrected chi connectivity index (χ3v) is 5.91. The van der Waals surface area contributed by atoms with Gasteiger partial charge < -0.3 is 19.9 Å². The number of hydrogen-bond donors (Lipinski definition) is 1. The van der Waals surface area contributed by atoms with Gasteiger partial charge in [0.15, 0.2) is 16.7 Å². The maximum Gasteiger partial charge on any atom is 0.338 e. The summed E-state index contributed by atoms with van der Waals surface area (Å²) in [4.78, 5) is 19.9. The fourth-order valence-electron chi connectivity index (χ4n) is 3.69. The van der Waals surface area contributed by atoms with Crippen LogP contribution in [0.2, 0.25) is 0 Å². The number of fused-ring (bicyclic) bond motifs is 1. The molecule has 170 valence electrons. The number of nitrogens with two attached hydrogens (primary N) is 1. The number of amidine groups is 1. The Morgan fingerprint density at radius 1 is 1.19 bits per heavy atom. The van der Waals surface area contributed by atoms with Crippen LogP contribution in [0.25, 0.3) is 0 Å². The lowest BCUT2D eigenvalue weighted by atomic mass is 9.92. The van der Waals surface area contributed by atoms with Crippen LogP contribution >= 0.6 is 11.8 Å². The van der Waals surface area contributed by atoms with Crippen LogP contribution in [0.4, 0.5) is 0 Å². The van der Waals surface area contributed by atoms with Gasteiger partial charge in [0.2, 0.25) is 0 Å². The standard InChI is InChI=1S/C23H28N4O4S/c1-5-9-15-19(22(28)31-8-4)20(27-21(25)18(13-24)32-23(27)26-15)14-10-11-16(29-6-2)17(12-14)30-7-3/h10-12,20H,5-9,25H2,1-4H3/t20-/m0/s1. The molecule has 1 aromatic rings. The van der Waals surface area contributed by atoms with Gasteiger partial charge in [-0.2, -0.15) is 5.26 Å². The zero-order chi connectivity index (χ0) is 23.3. The molecule has 2 aliphatic heterocycles. The number of allylic oxidation sites excluding steroid dienone is 2. The summed E-state index contributed by atoms with van der Waals surface area (Å²) in [5, 5.41) is 10.1. The molecule has 2 N–H and O–H groups in total. The molecule has 0 saturated heterocycles. The molecule has 1 aromatic carbocycles. The van der Waals surface area contributed by atoms with E-state index in [0.717, 1.165) is 12.0 Å². The minimum atomic E-state index is -0.601. The van der Waals surface area contributed by atoms with Gasteiger partial charge in [0, 0.05) is 0 Å². The van der Waals surface area contributed by atoms with Gasteiger partial charge in [-0.15, -0.1) is 0 Å². The SMILES string of the molecule is CCCC1=C(C(=O)OCC)[C@H](c2ccc(OCC)c(OCC)c2)N2C(=N1)SC(C#N)=C2N. The highest BCUT2D eigenvalue weighted by Crippen LogP contribution is 2.47. The molecule has 2 aliphatic rings. The number of esters is 1. The van der Waals surface area contributed by atoms with Crippen molar-refractivity contribution in [3.05, 3.63) is 45.8 Å². The van der Waals surface area contributed by atoms with Gasteiger partial charge in [0.25, 0.3) is 0 Å². The molecule has 0 saturated carbocycles. The van der Waals surface area contributed by atoms with Crippen LogP contribution < -0.4 is 15.2 Å². The number of carbonyl (C=O) groups excluding carboxylic acids is 1. The second-order valence-corrected chi connectivity index (χ2v) is 7.98. The molecule has 0 unspecified atom stereocenters.